The second kappa shape index (κ2) is 5.91. The van der Waals surface area contributed by atoms with Crippen LogP contribution in [0.2, 0.25) is 6.04 Å². The Morgan fingerprint density at radius 2 is 2.00 bits per heavy atom. The van der Waals surface area contributed by atoms with Crippen molar-refractivity contribution in [3.8, 4) is 0 Å². The summed E-state index contributed by atoms with van der Waals surface area (Å²) in [5.41, 5.74) is 5.48. The highest BCUT2D eigenvalue weighted by molar-refractivity contribution is 6.67. The van der Waals surface area contributed by atoms with E-state index in [2.05, 4.69) is 24.3 Å². The number of nitrogens with two attached hydrogens (primary N) is 1. The van der Waals surface area contributed by atoms with E-state index < -0.39 is 9.04 Å². The minimum atomic E-state index is -1.17. The summed E-state index contributed by atoms with van der Waals surface area (Å²) in [4.78, 5) is 0. The zero-order chi connectivity index (χ0) is 9.52. The molecule has 0 saturated heterocycles. The van der Waals surface area contributed by atoms with Gasteiger partial charge in [0.25, 0.3) is 0 Å². The van der Waals surface area contributed by atoms with Crippen LogP contribution in [0.1, 0.15) is 6.42 Å². The summed E-state index contributed by atoms with van der Waals surface area (Å²) in [5, 5.41) is 1.37. The fraction of sp³-hybridized carbons (Fsp3) is 0.400. The Hall–Kier alpha value is -0.643. The van der Waals surface area contributed by atoms with E-state index in [0.717, 1.165) is 19.0 Å². The van der Waals surface area contributed by atoms with Crippen LogP contribution in [0, 0.1) is 0 Å². The molecule has 0 saturated carbocycles. The summed E-state index contributed by atoms with van der Waals surface area (Å²) < 4.78 is 5.52. The molecule has 0 heterocycles. The first kappa shape index (κ1) is 10.4. The maximum Gasteiger partial charge on any atom is 0.207 e. The van der Waals surface area contributed by atoms with Crippen LogP contribution in [0.5, 0.6) is 0 Å². The van der Waals surface area contributed by atoms with Gasteiger partial charge in [-0.15, -0.1) is 0 Å². The highest BCUT2D eigenvalue weighted by Crippen LogP contribution is 1.98. The van der Waals surface area contributed by atoms with E-state index in [-0.39, 0.29) is 0 Å². The van der Waals surface area contributed by atoms with Crippen molar-refractivity contribution in [3.05, 3.63) is 30.3 Å². The molecule has 2 N–H and O–H groups in total. The molecular formula is C10H17NOSi. The van der Waals surface area contributed by atoms with Crippen molar-refractivity contribution in [2.75, 3.05) is 13.7 Å². The predicted molar refractivity (Wildman–Crippen MR) is 58.7 cm³/mol. The van der Waals surface area contributed by atoms with Crippen LogP contribution in [-0.4, -0.2) is 22.7 Å². The third kappa shape index (κ3) is 3.30. The fourth-order valence-electron chi connectivity index (χ4n) is 1.39. The van der Waals surface area contributed by atoms with Gasteiger partial charge in [-0.1, -0.05) is 30.3 Å². The van der Waals surface area contributed by atoms with Crippen LogP contribution in [0.3, 0.4) is 0 Å². The lowest BCUT2D eigenvalue weighted by Crippen LogP contribution is -2.32. The molecule has 1 atom stereocenters. The van der Waals surface area contributed by atoms with Crippen molar-refractivity contribution in [3.63, 3.8) is 0 Å². The molecule has 1 unspecified atom stereocenters. The van der Waals surface area contributed by atoms with E-state index in [9.17, 15) is 0 Å². The van der Waals surface area contributed by atoms with Crippen LogP contribution in [0.4, 0.5) is 0 Å². The number of hydrogen-bond donors (Lipinski definition) is 1. The van der Waals surface area contributed by atoms with E-state index >= 15 is 0 Å². The van der Waals surface area contributed by atoms with Gasteiger partial charge in [0, 0.05) is 7.11 Å². The van der Waals surface area contributed by atoms with Gasteiger partial charge in [-0.3, -0.25) is 0 Å². The normalized spacial score (nSPS) is 12.8. The summed E-state index contributed by atoms with van der Waals surface area (Å²) >= 11 is 0. The van der Waals surface area contributed by atoms with Crippen LogP contribution >= 0.6 is 0 Å². The smallest absolute Gasteiger partial charge is 0.207 e. The van der Waals surface area contributed by atoms with Crippen molar-refractivity contribution < 1.29 is 4.43 Å². The second-order valence-electron chi connectivity index (χ2n) is 3.07. The molecule has 3 heteroatoms. The van der Waals surface area contributed by atoms with Crippen LogP contribution in [0.25, 0.3) is 0 Å². The molecule has 0 aromatic heterocycles. The average Bonchev–Trinajstić information content (AvgIpc) is 2.21. The Labute approximate surface area is 81.4 Å². The van der Waals surface area contributed by atoms with Crippen LogP contribution in [0.15, 0.2) is 30.3 Å². The van der Waals surface area contributed by atoms with Crippen LogP contribution in [-0.2, 0) is 4.43 Å². The molecule has 0 aliphatic heterocycles. The van der Waals surface area contributed by atoms with Crippen molar-refractivity contribution in [2.24, 2.45) is 5.73 Å². The highest BCUT2D eigenvalue weighted by atomic mass is 28.3. The highest BCUT2D eigenvalue weighted by Gasteiger charge is 2.11. The molecule has 1 aromatic carbocycles. The van der Waals surface area contributed by atoms with Crippen molar-refractivity contribution in [1.29, 1.82) is 0 Å². The Morgan fingerprint density at radius 3 is 2.54 bits per heavy atom. The Balaban J connectivity index is 2.56. The molecule has 1 aromatic rings. The molecule has 13 heavy (non-hydrogen) atoms. The summed E-state index contributed by atoms with van der Waals surface area (Å²) in [5.74, 6) is 0. The van der Waals surface area contributed by atoms with Gasteiger partial charge in [0.2, 0.25) is 9.04 Å². The van der Waals surface area contributed by atoms with Gasteiger partial charge in [0.1, 0.15) is 0 Å². The van der Waals surface area contributed by atoms with E-state index in [4.69, 9.17) is 10.2 Å². The SMILES string of the molecule is CO[SiH](CCCN)c1ccccc1. The van der Waals surface area contributed by atoms with Gasteiger partial charge in [-0.2, -0.15) is 0 Å². The third-order valence-electron chi connectivity index (χ3n) is 2.13. The van der Waals surface area contributed by atoms with Gasteiger partial charge >= 0.3 is 0 Å². The van der Waals surface area contributed by atoms with E-state index in [1.165, 1.54) is 5.19 Å². The van der Waals surface area contributed by atoms with Gasteiger partial charge in [0.15, 0.2) is 0 Å². The summed E-state index contributed by atoms with van der Waals surface area (Å²) in [6.45, 7) is 0.764. The van der Waals surface area contributed by atoms with Gasteiger partial charge in [0.05, 0.1) is 0 Å². The molecular weight excluding hydrogens is 178 g/mol. The Kier molecular flexibility index (Phi) is 4.75. The Bertz CT molecular complexity index is 228. The molecule has 0 aliphatic rings. The molecule has 72 valence electrons. The van der Waals surface area contributed by atoms with Crippen molar-refractivity contribution in [2.45, 2.75) is 12.5 Å². The first-order chi connectivity index (χ1) is 6.38. The molecule has 0 radical (unpaired) electrons. The average molecular weight is 195 g/mol. The monoisotopic (exact) mass is 195 g/mol. The molecule has 0 fully saturated rings. The lowest BCUT2D eigenvalue weighted by molar-refractivity contribution is 0.427. The van der Waals surface area contributed by atoms with Crippen molar-refractivity contribution in [1.82, 2.24) is 0 Å². The maximum atomic E-state index is 5.52. The maximum absolute atomic E-state index is 5.52. The minimum absolute atomic E-state index is 0.764. The summed E-state index contributed by atoms with van der Waals surface area (Å²) in [6, 6.07) is 11.6. The van der Waals surface area contributed by atoms with Crippen LogP contribution < -0.4 is 10.9 Å². The van der Waals surface area contributed by atoms with E-state index in [1.54, 1.807) is 7.11 Å². The number of rotatable bonds is 5. The van der Waals surface area contributed by atoms with Gasteiger partial charge < -0.3 is 10.2 Å². The number of benzene rings is 1. The molecule has 1 rings (SSSR count). The van der Waals surface area contributed by atoms with E-state index in [0.29, 0.717) is 0 Å². The summed E-state index contributed by atoms with van der Waals surface area (Å²) in [6.07, 6.45) is 1.07. The molecule has 0 spiro atoms. The predicted octanol–water partition coefficient (Wildman–Crippen LogP) is 0.613. The molecule has 0 amide bonds. The fourth-order valence-corrected chi connectivity index (χ4v) is 3.49. The molecule has 2 nitrogen and oxygen atoms in total. The van der Waals surface area contributed by atoms with Crippen molar-refractivity contribution >= 4 is 14.2 Å². The zero-order valence-electron chi connectivity index (χ0n) is 8.07. The van der Waals surface area contributed by atoms with Gasteiger partial charge in [-0.25, -0.2) is 0 Å². The summed E-state index contributed by atoms with van der Waals surface area (Å²) in [7, 11) is 0.637. The first-order valence-corrected chi connectivity index (χ1v) is 6.53. The van der Waals surface area contributed by atoms with E-state index in [1.807, 2.05) is 6.07 Å². The standard InChI is InChI=1S/C10H17NOSi/c1-12-13(9-5-8-11)10-6-3-2-4-7-10/h2-4,6-7,13H,5,8-9,11H2,1H3. The third-order valence-corrected chi connectivity index (χ3v) is 4.76. The lowest BCUT2D eigenvalue weighted by atomic mass is 10.4. The molecule has 0 bridgehead atoms. The lowest BCUT2D eigenvalue weighted by Gasteiger charge is -2.12. The number of hydrogen-bond acceptors (Lipinski definition) is 2. The second-order valence-corrected chi connectivity index (χ2v) is 5.76. The Morgan fingerprint density at radius 1 is 1.31 bits per heavy atom. The van der Waals surface area contributed by atoms with Gasteiger partial charge in [-0.05, 0) is 24.2 Å². The topological polar surface area (TPSA) is 35.2 Å². The zero-order valence-corrected chi connectivity index (χ0v) is 9.23. The first-order valence-electron chi connectivity index (χ1n) is 4.66. The quantitative estimate of drug-likeness (QED) is 0.699. The largest absolute Gasteiger partial charge is 0.418 e. The molecule has 0 aliphatic carbocycles. The minimum Gasteiger partial charge on any atom is -0.418 e.